The predicted octanol–water partition coefficient (Wildman–Crippen LogP) is 0.601. The third-order valence-electron chi connectivity index (χ3n) is 3.25. The molecule has 1 fully saturated rings. The second-order valence-corrected chi connectivity index (χ2v) is 4.68. The molecule has 6 heteroatoms. The van der Waals surface area contributed by atoms with Crippen molar-refractivity contribution in [2.75, 3.05) is 5.73 Å². The highest BCUT2D eigenvalue weighted by Gasteiger charge is 2.22. The van der Waals surface area contributed by atoms with Gasteiger partial charge in [-0.2, -0.15) is 0 Å². The number of nitrogen functional groups attached to an aromatic ring is 1. The molecule has 0 aliphatic carbocycles. The topological polar surface area (TPSA) is 85.8 Å². The number of fused-ring (bicyclic) bond motifs is 1. The molecular formula is C12H15N5O. The molecule has 1 unspecified atom stereocenters. The highest BCUT2D eigenvalue weighted by atomic mass is 16.1. The Bertz CT molecular complexity index is 618. The predicted molar refractivity (Wildman–Crippen MR) is 67.8 cm³/mol. The van der Waals surface area contributed by atoms with E-state index in [2.05, 4.69) is 15.3 Å². The summed E-state index contributed by atoms with van der Waals surface area (Å²) in [6.07, 6.45) is 1.42. The second-order valence-electron chi connectivity index (χ2n) is 4.68. The van der Waals surface area contributed by atoms with Crippen molar-refractivity contribution in [3.63, 3.8) is 0 Å². The Balaban J connectivity index is 1.97. The number of carbonyl (C=O) groups is 1. The molecule has 1 saturated heterocycles. The van der Waals surface area contributed by atoms with Crippen LogP contribution in [-0.2, 0) is 11.3 Å². The van der Waals surface area contributed by atoms with Crippen LogP contribution in [0.4, 0.5) is 5.95 Å². The molecule has 2 aromatic rings. The van der Waals surface area contributed by atoms with Crippen molar-refractivity contribution in [1.29, 1.82) is 0 Å². The van der Waals surface area contributed by atoms with Gasteiger partial charge in [-0.25, -0.2) is 9.97 Å². The lowest BCUT2D eigenvalue weighted by molar-refractivity contribution is -0.119. The minimum absolute atomic E-state index is 0.104. The van der Waals surface area contributed by atoms with Crippen molar-refractivity contribution in [3.05, 3.63) is 17.8 Å². The lowest BCUT2D eigenvalue weighted by Crippen LogP contribution is -2.30. The molecule has 0 saturated carbocycles. The number of aromatic nitrogens is 3. The summed E-state index contributed by atoms with van der Waals surface area (Å²) in [5.74, 6) is 0.552. The van der Waals surface area contributed by atoms with E-state index >= 15 is 0 Å². The van der Waals surface area contributed by atoms with Gasteiger partial charge in [-0.15, -0.1) is 0 Å². The van der Waals surface area contributed by atoms with Crippen LogP contribution >= 0.6 is 0 Å². The van der Waals surface area contributed by atoms with E-state index in [1.54, 1.807) is 0 Å². The number of hydrogen-bond acceptors (Lipinski definition) is 4. The van der Waals surface area contributed by atoms with Crippen LogP contribution in [0.1, 0.15) is 18.5 Å². The number of pyridine rings is 1. The summed E-state index contributed by atoms with van der Waals surface area (Å²) in [5, 5.41) is 2.93. The van der Waals surface area contributed by atoms with Crippen LogP contribution < -0.4 is 11.1 Å². The molecular weight excluding hydrogens is 230 g/mol. The first-order chi connectivity index (χ1) is 8.63. The van der Waals surface area contributed by atoms with Crippen molar-refractivity contribution >= 4 is 23.0 Å². The molecule has 0 spiro atoms. The zero-order chi connectivity index (χ0) is 12.7. The van der Waals surface area contributed by atoms with Crippen molar-refractivity contribution in [1.82, 2.24) is 19.9 Å². The number of nitrogens with two attached hydrogens (primary N) is 1. The molecule has 6 nitrogen and oxygen atoms in total. The second kappa shape index (κ2) is 3.97. The minimum atomic E-state index is 0.104. The fraction of sp³-hybridized carbons (Fsp3) is 0.417. The van der Waals surface area contributed by atoms with Crippen LogP contribution in [0.15, 0.2) is 12.1 Å². The maximum absolute atomic E-state index is 11.2. The number of rotatable bonds is 2. The Labute approximate surface area is 104 Å². The molecule has 18 heavy (non-hydrogen) atoms. The van der Waals surface area contributed by atoms with Gasteiger partial charge in [0.15, 0.2) is 5.65 Å². The molecule has 2 aromatic heterocycles. The maximum atomic E-state index is 11.2. The Morgan fingerprint density at radius 2 is 2.33 bits per heavy atom. The molecule has 0 radical (unpaired) electrons. The standard InChI is InChI=1S/C12H15N5O/c1-7-2-4-9-11(14-7)17(12(13)16-9)6-8-3-5-10(18)15-8/h2,4,8H,3,5-6H2,1H3,(H2,13,16)(H,15,18). The van der Waals surface area contributed by atoms with E-state index < -0.39 is 0 Å². The van der Waals surface area contributed by atoms with Crippen LogP contribution in [0.5, 0.6) is 0 Å². The average molecular weight is 245 g/mol. The van der Waals surface area contributed by atoms with E-state index in [1.165, 1.54) is 0 Å². The average Bonchev–Trinajstić information content (AvgIpc) is 2.86. The van der Waals surface area contributed by atoms with Gasteiger partial charge in [0.25, 0.3) is 0 Å². The number of nitrogens with one attached hydrogen (secondary N) is 1. The molecule has 1 atom stereocenters. The van der Waals surface area contributed by atoms with Gasteiger partial charge < -0.3 is 11.1 Å². The maximum Gasteiger partial charge on any atom is 0.220 e. The third-order valence-corrected chi connectivity index (χ3v) is 3.25. The lowest BCUT2D eigenvalue weighted by atomic mass is 10.2. The summed E-state index contributed by atoms with van der Waals surface area (Å²) < 4.78 is 1.87. The first-order valence-corrected chi connectivity index (χ1v) is 6.02. The summed E-state index contributed by atoms with van der Waals surface area (Å²) in [5.41, 5.74) is 8.42. The zero-order valence-electron chi connectivity index (χ0n) is 10.2. The number of anilines is 1. The monoisotopic (exact) mass is 245 g/mol. The van der Waals surface area contributed by atoms with E-state index in [9.17, 15) is 4.79 Å². The Hall–Kier alpha value is -2.11. The smallest absolute Gasteiger partial charge is 0.220 e. The normalized spacial score (nSPS) is 19.4. The van der Waals surface area contributed by atoms with Gasteiger partial charge >= 0.3 is 0 Å². The van der Waals surface area contributed by atoms with E-state index in [-0.39, 0.29) is 11.9 Å². The summed E-state index contributed by atoms with van der Waals surface area (Å²) in [4.78, 5) is 19.9. The number of carbonyl (C=O) groups excluding carboxylic acids is 1. The van der Waals surface area contributed by atoms with Crippen molar-refractivity contribution in [3.8, 4) is 0 Å². The molecule has 3 rings (SSSR count). The van der Waals surface area contributed by atoms with Gasteiger partial charge in [-0.05, 0) is 25.5 Å². The third kappa shape index (κ3) is 1.79. The van der Waals surface area contributed by atoms with E-state index in [1.807, 2.05) is 23.6 Å². The number of imidazole rings is 1. The highest BCUT2D eigenvalue weighted by molar-refractivity contribution is 5.78. The Kier molecular flexibility index (Phi) is 2.43. The minimum Gasteiger partial charge on any atom is -0.369 e. The van der Waals surface area contributed by atoms with Gasteiger partial charge in [0, 0.05) is 24.7 Å². The van der Waals surface area contributed by atoms with Gasteiger partial charge in [-0.3, -0.25) is 9.36 Å². The first kappa shape index (κ1) is 11.0. The van der Waals surface area contributed by atoms with Crippen molar-refractivity contribution < 1.29 is 4.79 Å². The lowest BCUT2D eigenvalue weighted by Gasteiger charge is -2.12. The fourth-order valence-electron chi connectivity index (χ4n) is 2.33. The van der Waals surface area contributed by atoms with E-state index in [0.29, 0.717) is 18.9 Å². The van der Waals surface area contributed by atoms with E-state index in [0.717, 1.165) is 23.3 Å². The summed E-state index contributed by atoms with van der Waals surface area (Å²) in [7, 11) is 0. The van der Waals surface area contributed by atoms with Crippen LogP contribution in [0.25, 0.3) is 11.2 Å². The van der Waals surface area contributed by atoms with Crippen molar-refractivity contribution in [2.45, 2.75) is 32.4 Å². The van der Waals surface area contributed by atoms with E-state index in [4.69, 9.17) is 5.73 Å². The molecule has 0 aromatic carbocycles. The van der Waals surface area contributed by atoms with Crippen LogP contribution in [-0.4, -0.2) is 26.5 Å². The van der Waals surface area contributed by atoms with Crippen LogP contribution in [0.3, 0.4) is 0 Å². The quantitative estimate of drug-likeness (QED) is 0.811. The molecule has 0 bridgehead atoms. The Morgan fingerprint density at radius 1 is 1.50 bits per heavy atom. The number of amides is 1. The number of aryl methyl sites for hydroxylation is 1. The fourth-order valence-corrected chi connectivity index (χ4v) is 2.33. The first-order valence-electron chi connectivity index (χ1n) is 6.02. The molecule has 3 N–H and O–H groups in total. The Morgan fingerprint density at radius 3 is 3.06 bits per heavy atom. The van der Waals surface area contributed by atoms with Gasteiger partial charge in [0.05, 0.1) is 0 Å². The SMILES string of the molecule is Cc1ccc2nc(N)n(CC3CCC(=O)N3)c2n1. The highest BCUT2D eigenvalue weighted by Crippen LogP contribution is 2.19. The summed E-state index contributed by atoms with van der Waals surface area (Å²) >= 11 is 0. The molecule has 94 valence electrons. The molecule has 1 aliphatic heterocycles. The number of hydrogen-bond donors (Lipinski definition) is 2. The number of nitrogens with zero attached hydrogens (tertiary/aromatic N) is 3. The van der Waals surface area contributed by atoms with Crippen LogP contribution in [0, 0.1) is 6.92 Å². The largest absolute Gasteiger partial charge is 0.369 e. The van der Waals surface area contributed by atoms with Gasteiger partial charge in [-0.1, -0.05) is 0 Å². The van der Waals surface area contributed by atoms with Crippen molar-refractivity contribution in [2.24, 2.45) is 0 Å². The van der Waals surface area contributed by atoms with Crippen LogP contribution in [0.2, 0.25) is 0 Å². The molecule has 1 aliphatic rings. The summed E-state index contributed by atoms with van der Waals surface area (Å²) in [6, 6.07) is 3.95. The molecule has 3 heterocycles. The zero-order valence-corrected chi connectivity index (χ0v) is 10.2. The summed E-state index contributed by atoms with van der Waals surface area (Å²) in [6.45, 7) is 2.56. The van der Waals surface area contributed by atoms with Gasteiger partial charge in [0.1, 0.15) is 5.52 Å². The van der Waals surface area contributed by atoms with Gasteiger partial charge in [0.2, 0.25) is 11.9 Å². The molecule has 1 amide bonds.